The number of fused-ring (bicyclic) bond motifs is 1. The number of benzene rings is 1. The lowest BCUT2D eigenvalue weighted by Crippen LogP contribution is -2.36. The van der Waals surface area contributed by atoms with Crippen LogP contribution in [0.4, 0.5) is 4.79 Å². The minimum atomic E-state index is -0.901. The van der Waals surface area contributed by atoms with Crippen molar-refractivity contribution in [2.45, 2.75) is 31.5 Å². The maximum Gasteiger partial charge on any atom is 0.318 e. The topological polar surface area (TPSA) is 107 Å². The number of nitrogens with zero attached hydrogens (tertiary/aromatic N) is 2. The Kier molecular flexibility index (Phi) is 5.38. The summed E-state index contributed by atoms with van der Waals surface area (Å²) in [6.45, 7) is 3.89. The number of carbonyl (C=O) groups is 2. The van der Waals surface area contributed by atoms with Crippen LogP contribution < -0.4 is 16.6 Å². The number of aromatic nitrogens is 2. The molecule has 8 heteroatoms. The molecule has 7 nitrogen and oxygen atoms in total. The lowest BCUT2D eigenvalue weighted by atomic mass is 10.2. The number of primary amides is 1. The number of carbonyl (C=O) groups excluding carboxylic acids is 2. The van der Waals surface area contributed by atoms with Gasteiger partial charge in [-0.25, -0.2) is 9.78 Å². The largest absolute Gasteiger partial charge is 0.351 e. The van der Waals surface area contributed by atoms with Gasteiger partial charge in [-0.15, -0.1) is 0 Å². The first kappa shape index (κ1) is 17.0. The van der Waals surface area contributed by atoms with Crippen LogP contribution in [0.3, 0.4) is 0 Å². The molecule has 2 aromatic rings. The first-order valence-corrected chi connectivity index (χ1v) is 8.16. The second kappa shape index (κ2) is 7.28. The Hall–Kier alpha value is -2.35. The van der Waals surface area contributed by atoms with E-state index >= 15 is 0 Å². The van der Waals surface area contributed by atoms with E-state index in [1.807, 2.05) is 19.2 Å². The van der Waals surface area contributed by atoms with Gasteiger partial charge < -0.3 is 5.73 Å². The summed E-state index contributed by atoms with van der Waals surface area (Å²) in [5.41, 5.74) is 5.35. The number of rotatable bonds is 5. The summed E-state index contributed by atoms with van der Waals surface area (Å²) in [7, 11) is 0. The average molecular weight is 334 g/mol. The molecule has 122 valence electrons. The molecule has 1 aromatic heterocycles. The number of para-hydroxylation sites is 1. The van der Waals surface area contributed by atoms with E-state index in [0.29, 0.717) is 16.1 Å². The van der Waals surface area contributed by atoms with Crippen molar-refractivity contribution in [2.75, 3.05) is 5.75 Å². The van der Waals surface area contributed by atoms with Gasteiger partial charge in [0, 0.05) is 6.04 Å². The van der Waals surface area contributed by atoms with E-state index < -0.39 is 11.9 Å². The monoisotopic (exact) mass is 334 g/mol. The lowest BCUT2D eigenvalue weighted by molar-refractivity contribution is -0.117. The van der Waals surface area contributed by atoms with Crippen LogP contribution in [0.5, 0.6) is 0 Å². The highest BCUT2D eigenvalue weighted by molar-refractivity contribution is 7.99. The molecule has 1 aromatic carbocycles. The molecule has 3 N–H and O–H groups in total. The minimum Gasteiger partial charge on any atom is -0.351 e. The van der Waals surface area contributed by atoms with E-state index in [9.17, 15) is 14.4 Å². The number of thioether (sulfide) groups is 1. The molecule has 0 spiro atoms. The van der Waals surface area contributed by atoms with E-state index in [2.05, 4.69) is 4.98 Å². The van der Waals surface area contributed by atoms with Crippen LogP contribution >= 0.6 is 11.8 Å². The number of hydrogen-bond donors (Lipinski definition) is 2. The molecule has 0 aliphatic heterocycles. The van der Waals surface area contributed by atoms with Gasteiger partial charge in [-0.3, -0.25) is 19.5 Å². The minimum absolute atomic E-state index is 0.0514. The Labute approximate surface area is 137 Å². The number of amides is 3. The zero-order chi connectivity index (χ0) is 17.0. The number of hydrogen-bond acceptors (Lipinski definition) is 5. The molecule has 0 aliphatic carbocycles. The maximum atomic E-state index is 12.7. The van der Waals surface area contributed by atoms with Gasteiger partial charge in [0.05, 0.1) is 16.7 Å². The van der Waals surface area contributed by atoms with Crippen molar-refractivity contribution in [3.8, 4) is 0 Å². The molecule has 0 fully saturated rings. The first-order chi connectivity index (χ1) is 10.9. The second-order valence-corrected chi connectivity index (χ2v) is 5.99. The Bertz CT molecular complexity index is 803. The highest BCUT2D eigenvalue weighted by atomic mass is 32.2. The molecule has 0 unspecified atom stereocenters. The standard InChI is InChI=1S/C15H18N4O3S/c1-3-9(2)19-13(21)10-6-4-5-7-11(10)17-15(19)23-8-12(20)18-14(16)22/h4-7,9H,3,8H2,1-2H3,(H3,16,18,20,22)/t9-/m0/s1. The quantitative estimate of drug-likeness (QED) is 0.639. The Balaban J connectivity index is 2.42. The molecular formula is C15H18N4O3S. The van der Waals surface area contributed by atoms with Gasteiger partial charge >= 0.3 is 6.03 Å². The van der Waals surface area contributed by atoms with Crippen molar-refractivity contribution in [3.05, 3.63) is 34.6 Å². The third-order valence-electron chi connectivity index (χ3n) is 3.40. The van der Waals surface area contributed by atoms with Crippen molar-refractivity contribution < 1.29 is 9.59 Å². The second-order valence-electron chi connectivity index (χ2n) is 5.05. The number of nitrogens with two attached hydrogens (primary N) is 1. The zero-order valence-electron chi connectivity index (χ0n) is 12.9. The van der Waals surface area contributed by atoms with Gasteiger partial charge in [0.15, 0.2) is 5.16 Å². The van der Waals surface area contributed by atoms with Crippen LogP contribution in [0.2, 0.25) is 0 Å². The summed E-state index contributed by atoms with van der Waals surface area (Å²) in [5.74, 6) is -0.579. The Morgan fingerprint density at radius 1 is 1.39 bits per heavy atom. The Morgan fingerprint density at radius 2 is 2.09 bits per heavy atom. The highest BCUT2D eigenvalue weighted by Gasteiger charge is 2.16. The van der Waals surface area contributed by atoms with Crippen molar-refractivity contribution in [1.82, 2.24) is 14.9 Å². The third kappa shape index (κ3) is 3.89. The molecule has 2 rings (SSSR count). The van der Waals surface area contributed by atoms with Gasteiger partial charge in [0.1, 0.15) is 0 Å². The van der Waals surface area contributed by atoms with Crippen molar-refractivity contribution in [2.24, 2.45) is 5.73 Å². The van der Waals surface area contributed by atoms with E-state index in [1.165, 1.54) is 0 Å². The van der Waals surface area contributed by atoms with Gasteiger partial charge in [-0.05, 0) is 25.5 Å². The normalized spacial score (nSPS) is 12.1. The molecule has 0 radical (unpaired) electrons. The van der Waals surface area contributed by atoms with E-state index in [0.717, 1.165) is 18.2 Å². The lowest BCUT2D eigenvalue weighted by Gasteiger charge is -2.18. The van der Waals surface area contributed by atoms with E-state index in [4.69, 9.17) is 5.73 Å². The van der Waals surface area contributed by atoms with Gasteiger partial charge in [0.2, 0.25) is 5.91 Å². The molecule has 0 saturated carbocycles. The van der Waals surface area contributed by atoms with Crippen LogP contribution in [0.1, 0.15) is 26.3 Å². The smallest absolute Gasteiger partial charge is 0.318 e. The summed E-state index contributed by atoms with van der Waals surface area (Å²) < 4.78 is 1.59. The number of nitrogens with one attached hydrogen (secondary N) is 1. The van der Waals surface area contributed by atoms with Crippen LogP contribution in [0.15, 0.2) is 34.2 Å². The van der Waals surface area contributed by atoms with Gasteiger partial charge in [0.25, 0.3) is 5.56 Å². The molecule has 3 amide bonds. The summed E-state index contributed by atoms with van der Waals surface area (Å²) >= 11 is 1.10. The third-order valence-corrected chi connectivity index (χ3v) is 4.35. The molecule has 1 heterocycles. The molecule has 1 atom stereocenters. The van der Waals surface area contributed by atoms with Crippen molar-refractivity contribution in [3.63, 3.8) is 0 Å². The Morgan fingerprint density at radius 3 is 2.74 bits per heavy atom. The van der Waals surface area contributed by atoms with Crippen LogP contribution in [-0.4, -0.2) is 27.2 Å². The number of imide groups is 1. The van der Waals surface area contributed by atoms with Crippen LogP contribution in [0, 0.1) is 0 Å². The van der Waals surface area contributed by atoms with Crippen molar-refractivity contribution in [1.29, 1.82) is 0 Å². The summed E-state index contributed by atoms with van der Waals surface area (Å²) in [4.78, 5) is 39.5. The first-order valence-electron chi connectivity index (χ1n) is 7.17. The fraction of sp³-hybridized carbons (Fsp3) is 0.333. The van der Waals surface area contributed by atoms with Crippen LogP contribution in [0.25, 0.3) is 10.9 Å². The van der Waals surface area contributed by atoms with Crippen LogP contribution in [-0.2, 0) is 4.79 Å². The van der Waals surface area contributed by atoms with Crippen molar-refractivity contribution >= 4 is 34.6 Å². The highest BCUT2D eigenvalue weighted by Crippen LogP contribution is 2.22. The maximum absolute atomic E-state index is 12.7. The fourth-order valence-electron chi connectivity index (χ4n) is 2.10. The van der Waals surface area contributed by atoms with Gasteiger partial charge in [-0.2, -0.15) is 0 Å². The predicted octanol–water partition coefficient (Wildman–Crippen LogP) is 1.65. The average Bonchev–Trinajstić information content (AvgIpc) is 2.52. The molecular weight excluding hydrogens is 316 g/mol. The summed E-state index contributed by atoms with van der Waals surface area (Å²) in [6, 6.07) is 6.13. The molecule has 0 aliphatic rings. The molecule has 23 heavy (non-hydrogen) atoms. The summed E-state index contributed by atoms with van der Waals surface area (Å²) in [5, 5.41) is 2.98. The summed E-state index contributed by atoms with van der Waals surface area (Å²) in [6.07, 6.45) is 0.751. The number of urea groups is 1. The predicted molar refractivity (Wildman–Crippen MR) is 89.5 cm³/mol. The molecule has 0 bridgehead atoms. The van der Waals surface area contributed by atoms with Gasteiger partial charge in [-0.1, -0.05) is 30.8 Å². The van der Waals surface area contributed by atoms with E-state index in [-0.39, 0.29) is 17.4 Å². The fourth-order valence-corrected chi connectivity index (χ4v) is 3.00. The molecule has 0 saturated heterocycles. The SMILES string of the molecule is CC[C@H](C)n1c(SCC(=O)NC(N)=O)nc2ccccc2c1=O. The van der Waals surface area contributed by atoms with E-state index in [1.54, 1.807) is 28.8 Å². The zero-order valence-corrected chi connectivity index (χ0v) is 13.7.